The predicted molar refractivity (Wildman–Crippen MR) is 122 cm³/mol. The van der Waals surface area contributed by atoms with Crippen LogP contribution in [0, 0.1) is 5.92 Å². The molecule has 0 aliphatic carbocycles. The van der Waals surface area contributed by atoms with E-state index in [4.69, 9.17) is 0 Å². The monoisotopic (exact) mass is 413 g/mol. The molecule has 2 unspecified atom stereocenters. The van der Waals surface area contributed by atoms with Gasteiger partial charge in [0, 0.05) is 18.8 Å². The molecule has 0 spiro atoms. The zero-order valence-corrected chi connectivity index (χ0v) is 17.4. The van der Waals surface area contributed by atoms with Gasteiger partial charge in [-0.3, -0.25) is 4.79 Å². The van der Waals surface area contributed by atoms with Gasteiger partial charge in [0.25, 0.3) is 0 Å². The third kappa shape index (κ3) is 5.31. The van der Waals surface area contributed by atoms with Crippen LogP contribution < -0.4 is 10.6 Å². The van der Waals surface area contributed by atoms with E-state index >= 15 is 0 Å². The van der Waals surface area contributed by atoms with Gasteiger partial charge >= 0.3 is 6.03 Å². The number of rotatable bonds is 5. The first kappa shape index (κ1) is 20.7. The molecular weight excluding hydrogens is 386 g/mol. The summed E-state index contributed by atoms with van der Waals surface area (Å²) in [6.45, 7) is 0.845. The van der Waals surface area contributed by atoms with Crippen LogP contribution in [0.2, 0.25) is 0 Å². The molecule has 3 aromatic carbocycles. The van der Waals surface area contributed by atoms with Crippen molar-refractivity contribution in [1.82, 2.24) is 10.2 Å². The Kier molecular flexibility index (Phi) is 6.62. The van der Waals surface area contributed by atoms with E-state index in [1.807, 2.05) is 95.9 Å². The largest absolute Gasteiger partial charge is 0.334 e. The number of anilines is 1. The van der Waals surface area contributed by atoms with Gasteiger partial charge < -0.3 is 15.5 Å². The molecule has 1 aliphatic heterocycles. The van der Waals surface area contributed by atoms with Gasteiger partial charge in [-0.15, -0.1) is 0 Å². The Morgan fingerprint density at radius 2 is 1.42 bits per heavy atom. The smallest absolute Gasteiger partial charge is 0.318 e. The third-order valence-corrected chi connectivity index (χ3v) is 5.73. The molecular formula is C26H27N3O2. The summed E-state index contributed by atoms with van der Waals surface area (Å²) < 4.78 is 0. The van der Waals surface area contributed by atoms with Crippen LogP contribution in [-0.2, 0) is 11.3 Å². The van der Waals surface area contributed by atoms with E-state index < -0.39 is 0 Å². The highest BCUT2D eigenvalue weighted by Gasteiger charge is 2.35. The number of hydrogen-bond donors (Lipinski definition) is 2. The molecule has 3 amide bonds. The second-order valence-corrected chi connectivity index (χ2v) is 7.85. The second-order valence-electron chi connectivity index (χ2n) is 7.85. The van der Waals surface area contributed by atoms with Crippen molar-refractivity contribution in [2.45, 2.75) is 25.4 Å². The first-order valence-corrected chi connectivity index (χ1v) is 10.7. The Morgan fingerprint density at radius 1 is 0.806 bits per heavy atom. The minimum Gasteiger partial charge on any atom is -0.334 e. The molecule has 0 saturated carbocycles. The summed E-state index contributed by atoms with van der Waals surface area (Å²) in [4.78, 5) is 27.9. The fourth-order valence-corrected chi connectivity index (χ4v) is 4.07. The van der Waals surface area contributed by atoms with E-state index in [9.17, 15) is 9.59 Å². The quantitative estimate of drug-likeness (QED) is 0.619. The molecule has 5 heteroatoms. The summed E-state index contributed by atoms with van der Waals surface area (Å²) in [7, 11) is 0. The molecule has 3 aromatic rings. The van der Waals surface area contributed by atoms with Crippen molar-refractivity contribution in [1.29, 1.82) is 0 Å². The predicted octanol–water partition coefficient (Wildman–Crippen LogP) is 4.99. The molecule has 1 aliphatic rings. The van der Waals surface area contributed by atoms with E-state index in [-0.39, 0.29) is 23.9 Å². The summed E-state index contributed by atoms with van der Waals surface area (Å²) in [5, 5.41) is 6.02. The maximum atomic E-state index is 13.2. The molecule has 2 N–H and O–H groups in total. The normalized spacial score (nSPS) is 18.3. The molecule has 1 saturated heterocycles. The molecule has 5 nitrogen and oxygen atoms in total. The molecule has 1 heterocycles. The number of hydrogen-bond acceptors (Lipinski definition) is 2. The highest BCUT2D eigenvalue weighted by molar-refractivity contribution is 5.93. The van der Waals surface area contributed by atoms with Gasteiger partial charge in [-0.25, -0.2) is 4.79 Å². The molecule has 158 valence electrons. The van der Waals surface area contributed by atoms with Crippen LogP contribution >= 0.6 is 0 Å². The lowest BCUT2D eigenvalue weighted by Gasteiger charge is -2.39. The van der Waals surface area contributed by atoms with E-state index in [2.05, 4.69) is 10.6 Å². The van der Waals surface area contributed by atoms with Gasteiger partial charge in [0.1, 0.15) is 0 Å². The standard InChI is InChI=1S/C26H27N3O2/c30-25(28-23-14-8-3-9-15-23)22-16-17-24(21-12-6-2-7-13-21)29(19-22)26(31)27-18-20-10-4-1-5-11-20/h1-15,22,24H,16-19H2,(H,27,31)(H,28,30). The Hall–Kier alpha value is -3.60. The third-order valence-electron chi connectivity index (χ3n) is 5.73. The van der Waals surface area contributed by atoms with Crippen LogP contribution in [0.1, 0.15) is 30.0 Å². The Morgan fingerprint density at radius 3 is 2.10 bits per heavy atom. The number of urea groups is 1. The summed E-state index contributed by atoms with van der Waals surface area (Å²) in [5.41, 5.74) is 2.92. The van der Waals surface area contributed by atoms with Crippen molar-refractivity contribution in [3.05, 3.63) is 102 Å². The lowest BCUT2D eigenvalue weighted by molar-refractivity contribution is -0.121. The molecule has 1 fully saturated rings. The number of amides is 3. The van der Waals surface area contributed by atoms with E-state index in [0.29, 0.717) is 13.1 Å². The van der Waals surface area contributed by atoms with Crippen LogP contribution in [-0.4, -0.2) is 23.4 Å². The number of piperidine rings is 1. The van der Waals surface area contributed by atoms with Gasteiger partial charge in [-0.05, 0) is 36.1 Å². The molecule has 0 aromatic heterocycles. The minimum atomic E-state index is -0.248. The Bertz CT molecular complexity index is 993. The maximum Gasteiger partial charge on any atom is 0.318 e. The van der Waals surface area contributed by atoms with Gasteiger partial charge in [-0.2, -0.15) is 0 Å². The van der Waals surface area contributed by atoms with Gasteiger partial charge in [0.15, 0.2) is 0 Å². The number of likely N-dealkylation sites (tertiary alicyclic amines) is 1. The van der Waals surface area contributed by atoms with Crippen molar-refractivity contribution in [3.63, 3.8) is 0 Å². The van der Waals surface area contributed by atoms with Crippen LogP contribution in [0.3, 0.4) is 0 Å². The van der Waals surface area contributed by atoms with E-state index in [0.717, 1.165) is 29.7 Å². The highest BCUT2D eigenvalue weighted by atomic mass is 16.2. The van der Waals surface area contributed by atoms with Crippen LogP contribution in [0.15, 0.2) is 91.0 Å². The van der Waals surface area contributed by atoms with Crippen LogP contribution in [0.5, 0.6) is 0 Å². The van der Waals surface area contributed by atoms with E-state index in [1.165, 1.54) is 0 Å². The lowest BCUT2D eigenvalue weighted by Crippen LogP contribution is -2.49. The summed E-state index contributed by atoms with van der Waals surface area (Å²) in [6.07, 6.45) is 1.48. The molecule has 31 heavy (non-hydrogen) atoms. The molecule has 2 atom stereocenters. The van der Waals surface area contributed by atoms with Crippen LogP contribution in [0.4, 0.5) is 10.5 Å². The fraction of sp³-hybridized carbons (Fsp3) is 0.231. The average Bonchev–Trinajstić information content (AvgIpc) is 2.84. The van der Waals surface area contributed by atoms with Gasteiger partial charge in [0.05, 0.1) is 12.0 Å². The zero-order chi connectivity index (χ0) is 21.5. The molecule has 0 bridgehead atoms. The number of carbonyl (C=O) groups is 2. The van der Waals surface area contributed by atoms with E-state index in [1.54, 1.807) is 0 Å². The Balaban J connectivity index is 1.48. The minimum absolute atomic E-state index is 0.0430. The lowest BCUT2D eigenvalue weighted by atomic mass is 9.88. The fourth-order valence-electron chi connectivity index (χ4n) is 4.07. The maximum absolute atomic E-state index is 13.2. The van der Waals surface area contributed by atoms with Gasteiger partial charge in [-0.1, -0.05) is 78.9 Å². The zero-order valence-electron chi connectivity index (χ0n) is 17.4. The topological polar surface area (TPSA) is 61.4 Å². The first-order chi connectivity index (χ1) is 15.2. The number of carbonyl (C=O) groups excluding carboxylic acids is 2. The number of nitrogens with zero attached hydrogens (tertiary/aromatic N) is 1. The molecule has 0 radical (unpaired) electrons. The summed E-state index contributed by atoms with van der Waals surface area (Å²) in [5.74, 6) is -0.291. The number of nitrogens with one attached hydrogen (secondary N) is 2. The second kappa shape index (κ2) is 9.94. The van der Waals surface area contributed by atoms with Crippen LogP contribution in [0.25, 0.3) is 0 Å². The number of benzene rings is 3. The summed E-state index contributed by atoms with van der Waals surface area (Å²) in [6, 6.07) is 29.2. The van der Waals surface area contributed by atoms with Crippen molar-refractivity contribution in [2.24, 2.45) is 5.92 Å². The molecule has 4 rings (SSSR count). The Labute approximate surface area is 183 Å². The number of para-hydroxylation sites is 1. The van der Waals surface area contributed by atoms with Crippen molar-refractivity contribution in [2.75, 3.05) is 11.9 Å². The SMILES string of the molecule is O=C(Nc1ccccc1)C1CCC(c2ccccc2)N(C(=O)NCc2ccccc2)C1. The van der Waals surface area contributed by atoms with Crippen molar-refractivity contribution in [3.8, 4) is 0 Å². The van der Waals surface area contributed by atoms with Gasteiger partial charge in [0.2, 0.25) is 5.91 Å². The average molecular weight is 414 g/mol. The van der Waals surface area contributed by atoms with Crippen molar-refractivity contribution >= 4 is 17.6 Å². The van der Waals surface area contributed by atoms with Crippen molar-refractivity contribution < 1.29 is 9.59 Å². The first-order valence-electron chi connectivity index (χ1n) is 10.7. The highest BCUT2D eigenvalue weighted by Crippen LogP contribution is 2.34. The summed E-state index contributed by atoms with van der Waals surface area (Å²) >= 11 is 0.